The lowest BCUT2D eigenvalue weighted by molar-refractivity contribution is 0.0536. The molecule has 0 fully saturated rings. The summed E-state index contributed by atoms with van der Waals surface area (Å²) in [7, 11) is 0. The number of ether oxygens (including phenoxy) is 2. The molecular weight excluding hydrogens is 294 g/mol. The summed E-state index contributed by atoms with van der Waals surface area (Å²) in [4.78, 5) is 10.7. The maximum absolute atomic E-state index is 10.7. The highest BCUT2D eigenvalue weighted by Crippen LogP contribution is 2.03. The zero-order valence-electron chi connectivity index (χ0n) is 6.47. The molecular formula is C7H8ClIO3. The van der Waals surface area contributed by atoms with Crippen molar-refractivity contribution in [3.8, 4) is 9.85 Å². The molecule has 0 bridgehead atoms. The standard InChI is InChI=1S/C7H8ClIO3/c1-2-6(8)12-7(10)11-5-3-4-9/h6H,2,5H2,1H3. The van der Waals surface area contributed by atoms with E-state index >= 15 is 0 Å². The summed E-state index contributed by atoms with van der Waals surface area (Å²) in [6, 6.07) is 0. The Morgan fingerprint density at radius 1 is 1.75 bits per heavy atom. The molecule has 0 aliphatic rings. The van der Waals surface area contributed by atoms with E-state index in [0.29, 0.717) is 6.42 Å². The lowest BCUT2D eigenvalue weighted by atomic mass is 10.5. The summed E-state index contributed by atoms with van der Waals surface area (Å²) in [6.45, 7) is 1.84. The zero-order valence-corrected chi connectivity index (χ0v) is 9.39. The minimum absolute atomic E-state index is 0.0368. The van der Waals surface area contributed by atoms with E-state index in [0.717, 1.165) is 0 Å². The predicted octanol–water partition coefficient (Wildman–Crippen LogP) is 2.51. The van der Waals surface area contributed by atoms with E-state index < -0.39 is 11.7 Å². The van der Waals surface area contributed by atoms with Gasteiger partial charge in [-0.25, -0.2) is 4.79 Å². The molecule has 0 spiro atoms. The first-order valence-corrected chi connectivity index (χ1v) is 4.78. The zero-order chi connectivity index (χ0) is 9.40. The summed E-state index contributed by atoms with van der Waals surface area (Å²) in [6.07, 6.45) is -0.231. The molecule has 0 heterocycles. The topological polar surface area (TPSA) is 35.5 Å². The van der Waals surface area contributed by atoms with Crippen molar-refractivity contribution < 1.29 is 14.3 Å². The maximum atomic E-state index is 10.7. The van der Waals surface area contributed by atoms with Crippen LogP contribution in [0.2, 0.25) is 0 Å². The molecule has 0 aliphatic heterocycles. The largest absolute Gasteiger partial charge is 0.510 e. The van der Waals surface area contributed by atoms with Gasteiger partial charge < -0.3 is 9.47 Å². The van der Waals surface area contributed by atoms with Gasteiger partial charge in [-0.15, -0.1) is 0 Å². The molecule has 3 nitrogen and oxygen atoms in total. The minimum atomic E-state index is -0.781. The van der Waals surface area contributed by atoms with Gasteiger partial charge in [0.25, 0.3) is 0 Å². The summed E-state index contributed by atoms with van der Waals surface area (Å²) >= 11 is 7.36. The molecule has 68 valence electrons. The Bertz CT molecular complexity index is 197. The van der Waals surface area contributed by atoms with E-state index in [1.165, 1.54) is 0 Å². The molecule has 0 N–H and O–H groups in total. The van der Waals surface area contributed by atoms with Crippen molar-refractivity contribution in [2.45, 2.75) is 18.9 Å². The van der Waals surface area contributed by atoms with Crippen LogP contribution in [0.1, 0.15) is 13.3 Å². The monoisotopic (exact) mass is 302 g/mol. The molecule has 1 unspecified atom stereocenters. The van der Waals surface area contributed by atoms with Crippen molar-refractivity contribution in [2.75, 3.05) is 6.61 Å². The average Bonchev–Trinajstić information content (AvgIpc) is 2.05. The predicted molar refractivity (Wildman–Crippen MR) is 54.2 cm³/mol. The van der Waals surface area contributed by atoms with Crippen LogP contribution in [0.4, 0.5) is 4.79 Å². The second-order valence-electron chi connectivity index (χ2n) is 1.75. The van der Waals surface area contributed by atoms with E-state index in [1.807, 2.05) is 22.6 Å². The van der Waals surface area contributed by atoms with Crippen LogP contribution in [0.15, 0.2) is 0 Å². The number of hydrogen-bond donors (Lipinski definition) is 0. The first-order valence-electron chi connectivity index (χ1n) is 3.26. The molecule has 0 aromatic rings. The van der Waals surface area contributed by atoms with Crippen LogP contribution in [0.25, 0.3) is 0 Å². The highest BCUT2D eigenvalue weighted by molar-refractivity contribution is 14.1. The first kappa shape index (κ1) is 11.8. The Labute approximate surface area is 89.9 Å². The number of alkyl halides is 1. The second kappa shape index (κ2) is 7.50. The number of halogens is 2. The van der Waals surface area contributed by atoms with Crippen LogP contribution in [-0.2, 0) is 9.47 Å². The van der Waals surface area contributed by atoms with Crippen molar-refractivity contribution in [3.63, 3.8) is 0 Å². The van der Waals surface area contributed by atoms with Crippen molar-refractivity contribution in [3.05, 3.63) is 0 Å². The second-order valence-corrected chi connectivity index (χ2v) is 2.77. The van der Waals surface area contributed by atoms with Gasteiger partial charge in [0.2, 0.25) is 0 Å². The number of rotatable bonds is 3. The molecule has 5 heteroatoms. The third kappa shape index (κ3) is 6.55. The molecule has 12 heavy (non-hydrogen) atoms. The highest BCUT2D eigenvalue weighted by atomic mass is 127. The van der Waals surface area contributed by atoms with Gasteiger partial charge >= 0.3 is 6.16 Å². The van der Waals surface area contributed by atoms with Crippen LogP contribution in [-0.4, -0.2) is 18.3 Å². The van der Waals surface area contributed by atoms with E-state index in [-0.39, 0.29) is 6.61 Å². The Kier molecular flexibility index (Phi) is 7.40. The Balaban J connectivity index is 3.50. The maximum Gasteiger partial charge on any atom is 0.510 e. The van der Waals surface area contributed by atoms with Gasteiger partial charge in [0.1, 0.15) is 0 Å². The van der Waals surface area contributed by atoms with E-state index in [1.54, 1.807) is 6.92 Å². The van der Waals surface area contributed by atoms with E-state index in [4.69, 9.17) is 11.6 Å². The number of carbonyl (C=O) groups is 1. The Morgan fingerprint density at radius 3 is 2.92 bits per heavy atom. The molecule has 0 saturated heterocycles. The fourth-order valence-electron chi connectivity index (χ4n) is 0.344. The molecule has 0 amide bonds. The van der Waals surface area contributed by atoms with Gasteiger partial charge in [-0.05, 0) is 10.3 Å². The van der Waals surface area contributed by atoms with Crippen molar-refractivity contribution >= 4 is 40.3 Å². The summed E-state index contributed by atoms with van der Waals surface area (Å²) in [5, 5.41) is 0. The lowest BCUT2D eigenvalue weighted by Gasteiger charge is -2.06. The SMILES string of the molecule is CCC(Cl)OC(=O)OCC#CI. The molecule has 1 atom stereocenters. The molecule has 0 radical (unpaired) electrons. The molecule has 0 rings (SSSR count). The number of hydrogen-bond acceptors (Lipinski definition) is 3. The summed E-state index contributed by atoms with van der Waals surface area (Å²) in [5.41, 5.74) is -0.620. The minimum Gasteiger partial charge on any atom is -0.421 e. The first-order chi connectivity index (χ1) is 5.70. The lowest BCUT2D eigenvalue weighted by Crippen LogP contribution is -2.13. The fraction of sp³-hybridized carbons (Fsp3) is 0.571. The van der Waals surface area contributed by atoms with Crippen LogP contribution in [0.5, 0.6) is 0 Å². The number of carbonyl (C=O) groups excluding carboxylic acids is 1. The summed E-state index contributed by atoms with van der Waals surface area (Å²) < 4.78 is 11.7. The van der Waals surface area contributed by atoms with Crippen LogP contribution < -0.4 is 0 Å². The quantitative estimate of drug-likeness (QED) is 0.348. The van der Waals surface area contributed by atoms with Crippen LogP contribution in [0, 0.1) is 9.85 Å². The van der Waals surface area contributed by atoms with Crippen LogP contribution in [0.3, 0.4) is 0 Å². The van der Waals surface area contributed by atoms with Gasteiger partial charge in [0.05, 0.1) is 0 Å². The molecule has 0 aromatic heterocycles. The van der Waals surface area contributed by atoms with Gasteiger partial charge in [0.15, 0.2) is 12.2 Å². The highest BCUT2D eigenvalue weighted by Gasteiger charge is 2.08. The molecule has 0 saturated carbocycles. The third-order valence-corrected chi connectivity index (χ3v) is 1.65. The van der Waals surface area contributed by atoms with Crippen molar-refractivity contribution in [1.82, 2.24) is 0 Å². The van der Waals surface area contributed by atoms with Crippen molar-refractivity contribution in [1.29, 1.82) is 0 Å². The molecule has 0 aliphatic carbocycles. The summed E-state index contributed by atoms with van der Waals surface area (Å²) in [5.74, 6) is 2.54. The fourth-order valence-corrected chi connectivity index (χ4v) is 0.572. The smallest absolute Gasteiger partial charge is 0.421 e. The van der Waals surface area contributed by atoms with Gasteiger partial charge in [-0.2, -0.15) is 0 Å². The van der Waals surface area contributed by atoms with Crippen LogP contribution >= 0.6 is 34.2 Å². The van der Waals surface area contributed by atoms with Crippen molar-refractivity contribution in [2.24, 2.45) is 0 Å². The third-order valence-electron chi connectivity index (χ3n) is 0.874. The van der Waals surface area contributed by atoms with Gasteiger partial charge in [0, 0.05) is 22.6 Å². The van der Waals surface area contributed by atoms with Gasteiger partial charge in [-0.3, -0.25) is 0 Å². The van der Waals surface area contributed by atoms with Gasteiger partial charge in [-0.1, -0.05) is 24.4 Å². The Hall–Kier alpha value is -0.150. The normalized spacial score (nSPS) is 10.9. The molecule has 0 aromatic carbocycles. The Morgan fingerprint density at radius 2 is 2.42 bits per heavy atom. The van der Waals surface area contributed by atoms with E-state index in [2.05, 4.69) is 19.3 Å². The van der Waals surface area contributed by atoms with E-state index in [9.17, 15) is 4.79 Å². The average molecular weight is 302 g/mol.